The Hall–Kier alpha value is -4.19. The van der Waals surface area contributed by atoms with Gasteiger partial charge in [0.2, 0.25) is 0 Å². The fourth-order valence-electron chi connectivity index (χ4n) is 8.53. The number of rotatable bonds is 56. The minimum Gasteiger partial charge on any atom is -0.462 e. The molecule has 76 heavy (non-hydrogen) atoms. The molecule has 0 N–H and O–H groups in total. The second-order valence-electron chi connectivity index (χ2n) is 20.6. The molecule has 0 heterocycles. The van der Waals surface area contributed by atoms with Gasteiger partial charge in [0.1, 0.15) is 13.2 Å². The molecule has 432 valence electrons. The highest BCUT2D eigenvalue weighted by atomic mass is 16.6. The van der Waals surface area contributed by atoms with Gasteiger partial charge in [0.05, 0.1) is 0 Å². The number of carbonyl (C=O) groups is 3. The van der Waals surface area contributed by atoms with Gasteiger partial charge in [-0.15, -0.1) is 0 Å². The summed E-state index contributed by atoms with van der Waals surface area (Å²) >= 11 is 0. The van der Waals surface area contributed by atoms with Crippen molar-refractivity contribution in [1.82, 2.24) is 0 Å². The van der Waals surface area contributed by atoms with Gasteiger partial charge in [-0.3, -0.25) is 14.4 Å². The number of carbonyl (C=O) groups excluding carboxylic acids is 3. The lowest BCUT2D eigenvalue weighted by Crippen LogP contribution is -2.30. The highest BCUT2D eigenvalue weighted by Gasteiger charge is 2.19. The smallest absolute Gasteiger partial charge is 0.306 e. The van der Waals surface area contributed by atoms with Crippen molar-refractivity contribution in [2.24, 2.45) is 0 Å². The molecule has 1 unspecified atom stereocenters. The van der Waals surface area contributed by atoms with Crippen molar-refractivity contribution in [3.8, 4) is 0 Å². The van der Waals surface area contributed by atoms with Crippen LogP contribution in [0.15, 0.2) is 122 Å². The van der Waals surface area contributed by atoms with Crippen LogP contribution < -0.4 is 0 Å². The summed E-state index contributed by atoms with van der Waals surface area (Å²) in [5, 5.41) is 0. The Kier molecular flexibility index (Phi) is 59.9. The van der Waals surface area contributed by atoms with Crippen LogP contribution in [-0.2, 0) is 28.6 Å². The van der Waals surface area contributed by atoms with Gasteiger partial charge in [0.25, 0.3) is 0 Å². The summed E-state index contributed by atoms with van der Waals surface area (Å²) in [4.78, 5) is 38.0. The summed E-state index contributed by atoms with van der Waals surface area (Å²) in [7, 11) is 0. The Morgan fingerprint density at radius 1 is 0.276 bits per heavy atom. The average Bonchev–Trinajstić information content (AvgIpc) is 3.42. The molecule has 6 nitrogen and oxygen atoms in total. The highest BCUT2D eigenvalue weighted by Crippen LogP contribution is 2.16. The zero-order chi connectivity index (χ0) is 55.0. The molecule has 1 atom stereocenters. The Morgan fingerprint density at radius 3 is 0.803 bits per heavy atom. The van der Waals surface area contributed by atoms with E-state index in [1.807, 2.05) is 0 Å². The maximum absolute atomic E-state index is 12.8. The minimum atomic E-state index is -0.794. The first-order valence-corrected chi connectivity index (χ1v) is 31.5. The van der Waals surface area contributed by atoms with Crippen molar-refractivity contribution in [1.29, 1.82) is 0 Å². The number of unbranched alkanes of at least 4 members (excludes halogenated alkanes) is 25. The van der Waals surface area contributed by atoms with Crippen LogP contribution in [0, 0.1) is 0 Å². The van der Waals surface area contributed by atoms with Crippen LogP contribution in [0.4, 0.5) is 0 Å². The van der Waals surface area contributed by atoms with E-state index in [9.17, 15) is 14.4 Å². The lowest BCUT2D eigenvalue weighted by molar-refractivity contribution is -0.167. The molecule has 0 amide bonds. The lowest BCUT2D eigenvalue weighted by Gasteiger charge is -2.18. The standard InChI is InChI=1S/C70H116O6/c1-4-7-10-13-16-18-20-22-24-26-28-29-30-31-32-33-34-35-36-37-38-39-40-41-42-44-45-47-49-51-54-57-60-63-69(72)75-66-67(65-74-68(71)62-59-56-53-15-12-9-6-3)76-70(73)64-61-58-55-52-50-48-46-43-27-25-23-21-19-17-14-11-8-5-2/h7,10,16,18,22,24,28-29,31-32,34-35,37-38,40-41,44-45,49,51,67H,4-6,8-9,11-15,17,19-21,23,25-27,30,33,36,39,42-43,46-48,50,52-66H2,1-3H3/b10-7-,18-16-,24-22-,29-28-,32-31-,35-34-,38-37-,41-40-,45-44-,51-49-. The first-order valence-electron chi connectivity index (χ1n) is 31.5. The van der Waals surface area contributed by atoms with E-state index in [1.165, 1.54) is 122 Å². The van der Waals surface area contributed by atoms with Crippen molar-refractivity contribution in [3.63, 3.8) is 0 Å². The van der Waals surface area contributed by atoms with Crippen LogP contribution in [0.25, 0.3) is 0 Å². The molecule has 0 fully saturated rings. The van der Waals surface area contributed by atoms with Gasteiger partial charge in [-0.25, -0.2) is 0 Å². The molecule has 6 heteroatoms. The van der Waals surface area contributed by atoms with Crippen LogP contribution >= 0.6 is 0 Å². The Balaban J connectivity index is 4.24. The SMILES string of the molecule is CC/C=C\C/C=C\C/C=C\C/C=C\C/C=C\C/C=C\C/C=C\C/C=C\C/C=C\C/C=C\CCCCC(=O)OCC(COC(=O)CCCCCCCCC)OC(=O)CCCCCCCCCCCCCCCCCCCC. The monoisotopic (exact) mass is 1050 g/mol. The molecule has 0 spiro atoms. The van der Waals surface area contributed by atoms with E-state index in [0.717, 1.165) is 122 Å². The summed E-state index contributed by atoms with van der Waals surface area (Å²) in [6.45, 7) is 6.46. The van der Waals surface area contributed by atoms with Crippen LogP contribution in [0.5, 0.6) is 0 Å². The topological polar surface area (TPSA) is 78.9 Å². The summed E-state index contributed by atoms with van der Waals surface area (Å²) in [6.07, 6.45) is 88.0. The molecular formula is C70H116O6. The average molecular weight is 1050 g/mol. The molecule has 0 radical (unpaired) electrons. The van der Waals surface area contributed by atoms with Crippen molar-refractivity contribution in [3.05, 3.63) is 122 Å². The third-order valence-corrected chi connectivity index (χ3v) is 13.2. The number of hydrogen-bond acceptors (Lipinski definition) is 6. The fourth-order valence-corrected chi connectivity index (χ4v) is 8.53. The van der Waals surface area contributed by atoms with Gasteiger partial charge in [0, 0.05) is 19.3 Å². The van der Waals surface area contributed by atoms with E-state index in [4.69, 9.17) is 14.2 Å². The van der Waals surface area contributed by atoms with Gasteiger partial charge in [-0.1, -0.05) is 290 Å². The van der Waals surface area contributed by atoms with Crippen molar-refractivity contribution in [2.75, 3.05) is 13.2 Å². The number of hydrogen-bond donors (Lipinski definition) is 0. The van der Waals surface area contributed by atoms with E-state index in [1.54, 1.807) is 0 Å². The molecule has 0 aromatic rings. The third-order valence-electron chi connectivity index (χ3n) is 13.2. The lowest BCUT2D eigenvalue weighted by atomic mass is 10.0. The first-order chi connectivity index (χ1) is 37.5. The predicted molar refractivity (Wildman–Crippen MR) is 330 cm³/mol. The molecule has 0 bridgehead atoms. The van der Waals surface area contributed by atoms with Gasteiger partial charge in [0.15, 0.2) is 6.10 Å². The molecule has 0 aromatic carbocycles. The molecule has 0 saturated heterocycles. The van der Waals surface area contributed by atoms with Crippen LogP contribution in [0.3, 0.4) is 0 Å². The van der Waals surface area contributed by atoms with Crippen LogP contribution in [0.2, 0.25) is 0 Å². The van der Waals surface area contributed by atoms with Gasteiger partial charge in [-0.2, -0.15) is 0 Å². The quantitative estimate of drug-likeness (QED) is 0.0261. The van der Waals surface area contributed by atoms with E-state index >= 15 is 0 Å². The Morgan fingerprint density at radius 2 is 0.513 bits per heavy atom. The van der Waals surface area contributed by atoms with Gasteiger partial charge < -0.3 is 14.2 Å². The minimum absolute atomic E-state index is 0.0906. The zero-order valence-electron chi connectivity index (χ0n) is 49.5. The van der Waals surface area contributed by atoms with Crippen molar-refractivity contribution >= 4 is 17.9 Å². The largest absolute Gasteiger partial charge is 0.462 e. The molecule has 0 aliphatic rings. The molecule has 0 aliphatic heterocycles. The normalized spacial score (nSPS) is 12.9. The first kappa shape index (κ1) is 71.8. The molecule has 0 rings (SSSR count). The van der Waals surface area contributed by atoms with Gasteiger partial charge >= 0.3 is 17.9 Å². The third kappa shape index (κ3) is 60.7. The van der Waals surface area contributed by atoms with E-state index in [0.29, 0.717) is 19.3 Å². The van der Waals surface area contributed by atoms with E-state index in [-0.39, 0.29) is 31.1 Å². The Labute approximate surface area is 469 Å². The molecule has 0 saturated carbocycles. The molecule has 0 aromatic heterocycles. The summed E-state index contributed by atoms with van der Waals surface area (Å²) < 4.78 is 16.8. The van der Waals surface area contributed by atoms with Crippen molar-refractivity contribution < 1.29 is 28.6 Å². The second-order valence-corrected chi connectivity index (χ2v) is 20.6. The Bertz CT molecular complexity index is 1590. The summed E-state index contributed by atoms with van der Waals surface area (Å²) in [5.41, 5.74) is 0. The van der Waals surface area contributed by atoms with Crippen LogP contribution in [0.1, 0.15) is 284 Å². The predicted octanol–water partition coefficient (Wildman–Crippen LogP) is 21.6. The number of esters is 3. The maximum atomic E-state index is 12.8. The summed E-state index contributed by atoms with van der Waals surface area (Å²) in [6, 6.07) is 0. The van der Waals surface area contributed by atoms with E-state index in [2.05, 4.69) is 142 Å². The zero-order valence-corrected chi connectivity index (χ0v) is 49.5. The number of allylic oxidation sites excluding steroid dienone is 20. The maximum Gasteiger partial charge on any atom is 0.306 e. The number of ether oxygens (including phenoxy) is 3. The van der Waals surface area contributed by atoms with Crippen molar-refractivity contribution in [2.45, 2.75) is 290 Å². The fraction of sp³-hybridized carbons (Fsp3) is 0.671. The summed E-state index contributed by atoms with van der Waals surface area (Å²) in [5.74, 6) is -0.938. The van der Waals surface area contributed by atoms with Crippen LogP contribution in [-0.4, -0.2) is 37.2 Å². The molecule has 0 aliphatic carbocycles. The molecular weight excluding hydrogens is 937 g/mol. The second kappa shape index (κ2) is 63.3. The van der Waals surface area contributed by atoms with E-state index < -0.39 is 6.10 Å². The van der Waals surface area contributed by atoms with Gasteiger partial charge in [-0.05, 0) is 96.3 Å². The highest BCUT2D eigenvalue weighted by molar-refractivity contribution is 5.71.